The number of benzene rings is 2. The molecule has 0 unspecified atom stereocenters. The van der Waals surface area contributed by atoms with Crippen LogP contribution in [0.2, 0.25) is 0 Å². The zero-order valence-electron chi connectivity index (χ0n) is 16.7. The van der Waals surface area contributed by atoms with Crippen molar-refractivity contribution in [3.05, 3.63) is 64.1 Å². The van der Waals surface area contributed by atoms with Crippen molar-refractivity contribution in [2.45, 2.75) is 20.5 Å². The van der Waals surface area contributed by atoms with Gasteiger partial charge in [-0.2, -0.15) is 0 Å². The van der Waals surface area contributed by atoms with E-state index in [1.54, 1.807) is 24.3 Å². The van der Waals surface area contributed by atoms with Crippen molar-refractivity contribution >= 4 is 34.9 Å². The predicted molar refractivity (Wildman–Crippen MR) is 115 cm³/mol. The van der Waals surface area contributed by atoms with Crippen LogP contribution in [0.5, 0.6) is 11.5 Å². The molecule has 2 aromatic carbocycles. The molecule has 3 amide bonds. The summed E-state index contributed by atoms with van der Waals surface area (Å²) in [6.45, 7) is 4.30. The van der Waals surface area contributed by atoms with E-state index in [4.69, 9.17) is 15.2 Å². The third kappa shape index (κ3) is 5.21. The fourth-order valence-corrected chi connectivity index (χ4v) is 3.75. The monoisotopic (exact) mass is 426 g/mol. The molecule has 0 aromatic heterocycles. The molecule has 0 saturated carbocycles. The van der Waals surface area contributed by atoms with Crippen LogP contribution >= 0.6 is 11.8 Å². The molecule has 2 aromatic rings. The van der Waals surface area contributed by atoms with Crippen LogP contribution in [0.1, 0.15) is 23.6 Å². The lowest BCUT2D eigenvalue weighted by Gasteiger charge is -2.13. The molecule has 1 fully saturated rings. The van der Waals surface area contributed by atoms with Crippen molar-refractivity contribution in [1.82, 2.24) is 4.90 Å². The molecule has 156 valence electrons. The van der Waals surface area contributed by atoms with Crippen LogP contribution in [0, 0.1) is 6.92 Å². The van der Waals surface area contributed by atoms with Gasteiger partial charge in [0, 0.05) is 0 Å². The normalized spacial score (nSPS) is 15.0. The lowest BCUT2D eigenvalue weighted by Crippen LogP contribution is -2.36. The van der Waals surface area contributed by atoms with E-state index in [2.05, 4.69) is 6.07 Å². The minimum atomic E-state index is -0.743. The first-order valence-electron chi connectivity index (χ1n) is 9.36. The van der Waals surface area contributed by atoms with Gasteiger partial charge in [-0.25, -0.2) is 0 Å². The van der Waals surface area contributed by atoms with Gasteiger partial charge in [0.1, 0.15) is 13.2 Å². The standard InChI is InChI=1S/C22H22N2O5S/c1-3-28-18-10-15(11-19-21(26)24(12-20(23)25)22(27)30-19)7-8-17(18)29-13-16-6-4-5-14(2)9-16/h4-11H,3,12-13H2,1-2H3,(H2,23,25)/b19-11-. The van der Waals surface area contributed by atoms with Gasteiger partial charge in [-0.3, -0.25) is 19.3 Å². The molecule has 1 aliphatic rings. The minimum absolute atomic E-state index is 0.220. The molecule has 0 radical (unpaired) electrons. The molecule has 8 heteroatoms. The zero-order valence-corrected chi connectivity index (χ0v) is 17.5. The molecule has 0 atom stereocenters. The fraction of sp³-hybridized carbons (Fsp3) is 0.227. The highest BCUT2D eigenvalue weighted by Gasteiger charge is 2.35. The molecular weight excluding hydrogens is 404 g/mol. The number of rotatable bonds is 8. The Morgan fingerprint density at radius 2 is 1.93 bits per heavy atom. The number of imide groups is 1. The van der Waals surface area contributed by atoms with E-state index in [9.17, 15) is 14.4 Å². The molecule has 0 aliphatic carbocycles. The van der Waals surface area contributed by atoms with Crippen molar-refractivity contribution in [2.75, 3.05) is 13.2 Å². The summed E-state index contributed by atoms with van der Waals surface area (Å²) in [5, 5.41) is -0.520. The third-order valence-corrected chi connectivity index (χ3v) is 5.14. The molecule has 1 aliphatic heterocycles. The van der Waals surface area contributed by atoms with Gasteiger partial charge in [-0.05, 0) is 54.9 Å². The maximum atomic E-state index is 12.4. The van der Waals surface area contributed by atoms with E-state index >= 15 is 0 Å². The maximum absolute atomic E-state index is 12.4. The Morgan fingerprint density at radius 1 is 1.13 bits per heavy atom. The van der Waals surface area contributed by atoms with Crippen molar-refractivity contribution in [3.63, 3.8) is 0 Å². The molecule has 0 bridgehead atoms. The zero-order chi connectivity index (χ0) is 21.7. The summed E-state index contributed by atoms with van der Waals surface area (Å²) in [6, 6.07) is 13.3. The van der Waals surface area contributed by atoms with Crippen LogP contribution in [0.4, 0.5) is 4.79 Å². The summed E-state index contributed by atoms with van der Waals surface area (Å²) in [4.78, 5) is 36.5. The Hall–Kier alpha value is -3.26. The van der Waals surface area contributed by atoms with Crippen LogP contribution in [-0.4, -0.2) is 35.1 Å². The van der Waals surface area contributed by atoms with Crippen LogP contribution < -0.4 is 15.2 Å². The topological polar surface area (TPSA) is 98.9 Å². The highest BCUT2D eigenvalue weighted by atomic mass is 32.2. The SMILES string of the molecule is CCOc1cc(/C=C2\SC(=O)N(CC(N)=O)C2=O)ccc1OCc1cccc(C)c1. The van der Waals surface area contributed by atoms with Gasteiger partial charge in [-0.1, -0.05) is 35.9 Å². The Balaban J connectivity index is 1.79. The highest BCUT2D eigenvalue weighted by Crippen LogP contribution is 2.34. The molecule has 30 heavy (non-hydrogen) atoms. The number of aryl methyl sites for hydroxylation is 1. The number of carbonyl (C=O) groups is 3. The lowest BCUT2D eigenvalue weighted by atomic mass is 10.1. The minimum Gasteiger partial charge on any atom is -0.490 e. The number of nitrogens with two attached hydrogens (primary N) is 1. The predicted octanol–water partition coefficient (Wildman–Crippen LogP) is 3.49. The third-order valence-electron chi connectivity index (χ3n) is 4.23. The summed E-state index contributed by atoms with van der Waals surface area (Å²) < 4.78 is 11.6. The first-order chi connectivity index (χ1) is 14.4. The van der Waals surface area contributed by atoms with E-state index in [1.807, 2.05) is 32.0 Å². The molecule has 0 spiro atoms. The van der Waals surface area contributed by atoms with Gasteiger partial charge in [-0.15, -0.1) is 0 Å². The smallest absolute Gasteiger partial charge is 0.294 e. The van der Waals surface area contributed by atoms with E-state index < -0.39 is 23.6 Å². The average Bonchev–Trinajstić information content (AvgIpc) is 2.95. The summed E-state index contributed by atoms with van der Waals surface area (Å²) in [5.74, 6) is -0.165. The number of amides is 3. The highest BCUT2D eigenvalue weighted by molar-refractivity contribution is 8.18. The first kappa shape index (κ1) is 21.4. The second-order valence-corrected chi connectivity index (χ2v) is 7.64. The van der Waals surface area contributed by atoms with Gasteiger partial charge in [0.25, 0.3) is 11.1 Å². The summed E-state index contributed by atoms with van der Waals surface area (Å²) >= 11 is 0.770. The summed E-state index contributed by atoms with van der Waals surface area (Å²) in [6.07, 6.45) is 1.58. The number of primary amides is 1. The van der Waals surface area contributed by atoms with E-state index in [-0.39, 0.29) is 4.91 Å². The van der Waals surface area contributed by atoms with Gasteiger partial charge >= 0.3 is 0 Å². The van der Waals surface area contributed by atoms with Crippen LogP contribution in [0.25, 0.3) is 6.08 Å². The molecule has 1 saturated heterocycles. The Morgan fingerprint density at radius 3 is 2.63 bits per heavy atom. The van der Waals surface area contributed by atoms with Crippen molar-refractivity contribution in [1.29, 1.82) is 0 Å². The van der Waals surface area contributed by atoms with Crippen LogP contribution in [0.15, 0.2) is 47.4 Å². The van der Waals surface area contributed by atoms with E-state index in [1.165, 1.54) is 0 Å². The van der Waals surface area contributed by atoms with E-state index in [0.717, 1.165) is 27.8 Å². The molecule has 7 nitrogen and oxygen atoms in total. The van der Waals surface area contributed by atoms with Gasteiger partial charge < -0.3 is 15.2 Å². The molecule has 1 heterocycles. The Labute approximate surface area is 178 Å². The summed E-state index contributed by atoms with van der Waals surface area (Å²) in [5.41, 5.74) is 7.97. The number of thioether (sulfide) groups is 1. The largest absolute Gasteiger partial charge is 0.490 e. The van der Waals surface area contributed by atoms with Gasteiger partial charge in [0.05, 0.1) is 11.5 Å². The summed E-state index contributed by atoms with van der Waals surface area (Å²) in [7, 11) is 0. The van der Waals surface area contributed by atoms with E-state index in [0.29, 0.717) is 30.3 Å². The van der Waals surface area contributed by atoms with Gasteiger partial charge in [0.15, 0.2) is 11.5 Å². The van der Waals surface area contributed by atoms with Crippen molar-refractivity contribution in [3.8, 4) is 11.5 Å². The van der Waals surface area contributed by atoms with Crippen LogP contribution in [0.3, 0.4) is 0 Å². The number of carbonyl (C=O) groups excluding carboxylic acids is 3. The quantitative estimate of drug-likeness (QED) is 0.649. The molecular formula is C22H22N2O5S. The first-order valence-corrected chi connectivity index (χ1v) is 10.2. The maximum Gasteiger partial charge on any atom is 0.294 e. The second kappa shape index (κ2) is 9.49. The van der Waals surface area contributed by atoms with Crippen molar-refractivity contribution < 1.29 is 23.9 Å². The Bertz CT molecular complexity index is 1020. The number of nitrogens with zero attached hydrogens (tertiary/aromatic N) is 1. The van der Waals surface area contributed by atoms with Gasteiger partial charge in [0.2, 0.25) is 5.91 Å². The second-order valence-electron chi connectivity index (χ2n) is 6.65. The molecule has 3 rings (SSSR count). The average molecular weight is 426 g/mol. The van der Waals surface area contributed by atoms with Crippen molar-refractivity contribution in [2.24, 2.45) is 5.73 Å². The Kier molecular flexibility index (Phi) is 6.79. The number of ether oxygens (including phenoxy) is 2. The number of hydrogen-bond donors (Lipinski definition) is 1. The molecule has 2 N–H and O–H groups in total. The lowest BCUT2D eigenvalue weighted by molar-refractivity contribution is -0.127. The fourth-order valence-electron chi connectivity index (χ4n) is 2.91. The number of hydrogen-bond acceptors (Lipinski definition) is 6. The van der Waals surface area contributed by atoms with Crippen LogP contribution in [-0.2, 0) is 16.2 Å².